The van der Waals surface area contributed by atoms with Crippen LogP contribution in [0, 0.1) is 0 Å². The fourth-order valence-corrected chi connectivity index (χ4v) is 2.93. The van der Waals surface area contributed by atoms with Gasteiger partial charge >= 0.3 is 0 Å². The summed E-state index contributed by atoms with van der Waals surface area (Å²) in [5, 5.41) is 12.7. The van der Waals surface area contributed by atoms with Crippen molar-refractivity contribution in [2.24, 2.45) is 0 Å². The van der Waals surface area contributed by atoms with Crippen molar-refractivity contribution in [3.8, 4) is 0 Å². The highest BCUT2D eigenvalue weighted by Crippen LogP contribution is 2.25. The van der Waals surface area contributed by atoms with Crippen LogP contribution in [-0.4, -0.2) is 53.9 Å². The first-order valence-corrected chi connectivity index (χ1v) is 8.03. The topological polar surface area (TPSA) is 64.5 Å². The number of aromatic nitrogens is 2. The fraction of sp³-hybridized carbons (Fsp3) is 0.733. The van der Waals surface area contributed by atoms with E-state index in [1.165, 1.54) is 25.7 Å². The largest absolute Gasteiger partial charge is 0.392 e. The van der Waals surface area contributed by atoms with Crippen LogP contribution in [0.4, 0.5) is 17.6 Å². The summed E-state index contributed by atoms with van der Waals surface area (Å²) in [6.07, 6.45) is 4.52. The lowest BCUT2D eigenvalue weighted by atomic mass is 10.4. The van der Waals surface area contributed by atoms with Crippen molar-refractivity contribution in [2.45, 2.75) is 38.7 Å². The Labute approximate surface area is 126 Å². The number of aliphatic hydroxyl groups is 1. The second-order valence-electron chi connectivity index (χ2n) is 6.03. The highest BCUT2D eigenvalue weighted by Gasteiger charge is 2.20. The molecule has 116 valence electrons. The Bertz CT molecular complexity index is 433. The summed E-state index contributed by atoms with van der Waals surface area (Å²) < 4.78 is 0. The van der Waals surface area contributed by atoms with E-state index in [1.54, 1.807) is 6.92 Å². The van der Waals surface area contributed by atoms with Crippen molar-refractivity contribution < 1.29 is 5.11 Å². The van der Waals surface area contributed by atoms with E-state index in [0.717, 1.165) is 43.8 Å². The molecular formula is C15H25N5O. The molecule has 21 heavy (non-hydrogen) atoms. The van der Waals surface area contributed by atoms with E-state index in [0.29, 0.717) is 6.54 Å². The van der Waals surface area contributed by atoms with Crippen LogP contribution < -0.4 is 15.1 Å². The molecule has 0 bridgehead atoms. The summed E-state index contributed by atoms with van der Waals surface area (Å²) in [7, 11) is 0. The zero-order valence-electron chi connectivity index (χ0n) is 12.8. The average Bonchev–Trinajstić information content (AvgIpc) is 3.17. The maximum atomic E-state index is 9.45. The van der Waals surface area contributed by atoms with Gasteiger partial charge < -0.3 is 20.2 Å². The van der Waals surface area contributed by atoms with E-state index >= 15 is 0 Å². The number of nitrogens with one attached hydrogen (secondary N) is 1. The minimum absolute atomic E-state index is 0.384. The van der Waals surface area contributed by atoms with Gasteiger partial charge in [-0.15, -0.1) is 0 Å². The maximum Gasteiger partial charge on any atom is 0.229 e. The molecule has 1 aromatic rings. The van der Waals surface area contributed by atoms with Crippen molar-refractivity contribution in [2.75, 3.05) is 47.8 Å². The molecule has 0 radical (unpaired) electrons. The second-order valence-corrected chi connectivity index (χ2v) is 6.03. The van der Waals surface area contributed by atoms with Crippen molar-refractivity contribution >= 4 is 17.6 Å². The van der Waals surface area contributed by atoms with Gasteiger partial charge in [0.2, 0.25) is 5.95 Å². The molecule has 1 atom stereocenters. The molecular weight excluding hydrogens is 266 g/mol. The normalized spacial score (nSPS) is 20.1. The number of aliphatic hydroxyl groups excluding tert-OH is 1. The van der Waals surface area contributed by atoms with Crippen LogP contribution in [0.25, 0.3) is 0 Å². The van der Waals surface area contributed by atoms with Crippen molar-refractivity contribution in [3.63, 3.8) is 0 Å². The molecule has 0 aliphatic carbocycles. The quantitative estimate of drug-likeness (QED) is 0.856. The molecule has 6 heteroatoms. The fourth-order valence-electron chi connectivity index (χ4n) is 2.93. The standard InChI is InChI=1S/C15H25N5O/c1-12(21)11-16-13-10-14(19-6-2-3-7-19)18-15(17-13)20-8-4-5-9-20/h10,12,21H,2-9,11H2,1H3,(H,16,17,18). The Hall–Kier alpha value is -1.56. The van der Waals surface area contributed by atoms with Crippen LogP contribution in [0.3, 0.4) is 0 Å². The third kappa shape index (κ3) is 3.56. The molecule has 2 N–H and O–H groups in total. The van der Waals surface area contributed by atoms with Crippen LogP contribution in [0.2, 0.25) is 0 Å². The van der Waals surface area contributed by atoms with Gasteiger partial charge in [0.1, 0.15) is 11.6 Å². The summed E-state index contributed by atoms with van der Waals surface area (Å²) in [6, 6.07) is 2.01. The molecule has 2 aliphatic rings. The lowest BCUT2D eigenvalue weighted by Gasteiger charge is -2.22. The number of nitrogens with zero attached hydrogens (tertiary/aromatic N) is 4. The van der Waals surface area contributed by atoms with Gasteiger partial charge in [-0.1, -0.05) is 0 Å². The molecule has 1 aromatic heterocycles. The van der Waals surface area contributed by atoms with Gasteiger partial charge in [-0.05, 0) is 32.6 Å². The van der Waals surface area contributed by atoms with Crippen LogP contribution in [-0.2, 0) is 0 Å². The molecule has 0 spiro atoms. The third-order valence-electron chi connectivity index (χ3n) is 4.10. The van der Waals surface area contributed by atoms with Gasteiger partial charge in [0.05, 0.1) is 6.10 Å². The summed E-state index contributed by atoms with van der Waals surface area (Å²) >= 11 is 0. The molecule has 6 nitrogen and oxygen atoms in total. The first-order chi connectivity index (χ1) is 10.2. The summed E-state index contributed by atoms with van der Waals surface area (Å²) in [4.78, 5) is 14.0. The molecule has 2 aliphatic heterocycles. The number of anilines is 3. The van der Waals surface area contributed by atoms with Gasteiger partial charge in [-0.25, -0.2) is 0 Å². The Kier molecular flexibility index (Phi) is 4.43. The Morgan fingerprint density at radius 3 is 2.33 bits per heavy atom. The van der Waals surface area contributed by atoms with E-state index in [4.69, 9.17) is 4.98 Å². The highest BCUT2D eigenvalue weighted by atomic mass is 16.3. The third-order valence-corrected chi connectivity index (χ3v) is 4.10. The maximum absolute atomic E-state index is 9.45. The molecule has 3 rings (SSSR count). The van der Waals surface area contributed by atoms with E-state index in [-0.39, 0.29) is 6.10 Å². The molecule has 0 aromatic carbocycles. The van der Waals surface area contributed by atoms with Gasteiger partial charge in [-0.3, -0.25) is 0 Å². The average molecular weight is 291 g/mol. The van der Waals surface area contributed by atoms with E-state index in [2.05, 4.69) is 20.1 Å². The zero-order valence-corrected chi connectivity index (χ0v) is 12.8. The van der Waals surface area contributed by atoms with Gasteiger partial charge in [0.15, 0.2) is 0 Å². The van der Waals surface area contributed by atoms with E-state index in [9.17, 15) is 5.11 Å². The predicted octanol–water partition coefficient (Wildman–Crippen LogP) is 1.47. The SMILES string of the molecule is CC(O)CNc1cc(N2CCCC2)nc(N2CCCC2)n1. The first kappa shape index (κ1) is 14.4. The Morgan fingerprint density at radius 1 is 1.10 bits per heavy atom. The van der Waals surface area contributed by atoms with Crippen molar-refractivity contribution in [1.29, 1.82) is 0 Å². The van der Waals surface area contributed by atoms with Gasteiger partial charge in [0, 0.05) is 38.8 Å². The lowest BCUT2D eigenvalue weighted by molar-refractivity contribution is 0.208. The zero-order chi connectivity index (χ0) is 14.7. The minimum atomic E-state index is -0.384. The molecule has 2 saturated heterocycles. The molecule has 0 saturated carbocycles. The summed E-state index contributed by atoms with van der Waals surface area (Å²) in [6.45, 7) is 6.52. The van der Waals surface area contributed by atoms with Crippen LogP contribution in [0.5, 0.6) is 0 Å². The summed E-state index contributed by atoms with van der Waals surface area (Å²) in [5.41, 5.74) is 0. The first-order valence-electron chi connectivity index (χ1n) is 8.03. The lowest BCUT2D eigenvalue weighted by Crippen LogP contribution is -2.25. The molecule has 2 fully saturated rings. The summed E-state index contributed by atoms with van der Waals surface area (Å²) in [5.74, 6) is 2.65. The van der Waals surface area contributed by atoms with Crippen molar-refractivity contribution in [3.05, 3.63) is 6.07 Å². The molecule has 0 amide bonds. The van der Waals surface area contributed by atoms with Crippen LogP contribution >= 0.6 is 0 Å². The number of hydrogen-bond donors (Lipinski definition) is 2. The predicted molar refractivity (Wildman–Crippen MR) is 85.1 cm³/mol. The Morgan fingerprint density at radius 2 is 1.71 bits per heavy atom. The molecule has 1 unspecified atom stereocenters. The van der Waals surface area contributed by atoms with Gasteiger partial charge in [0.25, 0.3) is 0 Å². The minimum Gasteiger partial charge on any atom is -0.392 e. The second kappa shape index (κ2) is 6.47. The van der Waals surface area contributed by atoms with Gasteiger partial charge in [-0.2, -0.15) is 9.97 Å². The highest BCUT2D eigenvalue weighted by molar-refractivity contribution is 5.55. The molecule has 3 heterocycles. The Balaban J connectivity index is 1.83. The van der Waals surface area contributed by atoms with Crippen LogP contribution in [0.1, 0.15) is 32.6 Å². The monoisotopic (exact) mass is 291 g/mol. The van der Waals surface area contributed by atoms with E-state index < -0.39 is 0 Å². The number of rotatable bonds is 5. The van der Waals surface area contributed by atoms with Crippen molar-refractivity contribution in [1.82, 2.24) is 9.97 Å². The number of hydrogen-bond acceptors (Lipinski definition) is 6. The van der Waals surface area contributed by atoms with Crippen LogP contribution in [0.15, 0.2) is 6.07 Å². The van der Waals surface area contributed by atoms with E-state index in [1.807, 2.05) is 6.07 Å². The smallest absolute Gasteiger partial charge is 0.229 e.